The molecule has 22 heavy (non-hydrogen) atoms. The minimum atomic E-state index is -0.0118. The van der Waals surface area contributed by atoms with E-state index in [0.29, 0.717) is 6.42 Å². The van der Waals surface area contributed by atoms with Gasteiger partial charge in [-0.2, -0.15) is 8.75 Å². The minimum Gasteiger partial charge on any atom is -0.497 e. The summed E-state index contributed by atoms with van der Waals surface area (Å²) in [6.45, 7) is 0. The molecule has 6 heteroatoms. The zero-order chi connectivity index (χ0) is 15.1. The zero-order valence-electron chi connectivity index (χ0n) is 11.9. The molecule has 3 aromatic rings. The van der Waals surface area contributed by atoms with Crippen LogP contribution in [0, 0.1) is 0 Å². The van der Waals surface area contributed by atoms with Crippen molar-refractivity contribution in [1.29, 1.82) is 0 Å². The van der Waals surface area contributed by atoms with E-state index in [4.69, 9.17) is 4.74 Å². The molecule has 2 aromatic carbocycles. The van der Waals surface area contributed by atoms with Gasteiger partial charge in [0.15, 0.2) is 0 Å². The number of ether oxygens (including phenoxy) is 1. The van der Waals surface area contributed by atoms with Gasteiger partial charge in [-0.15, -0.1) is 0 Å². The number of fused-ring (bicyclic) bond motifs is 3. The number of carbonyl (C=O) groups is 1. The van der Waals surface area contributed by atoms with Gasteiger partial charge in [-0.25, -0.2) is 0 Å². The van der Waals surface area contributed by atoms with Gasteiger partial charge in [0.2, 0.25) is 5.91 Å². The Hall–Kier alpha value is -2.47. The monoisotopic (exact) mass is 311 g/mol. The summed E-state index contributed by atoms with van der Waals surface area (Å²) in [5, 5.41) is 2.94. The molecule has 1 amide bonds. The molecule has 1 unspecified atom stereocenters. The maximum absolute atomic E-state index is 12.0. The molecule has 2 heterocycles. The van der Waals surface area contributed by atoms with Crippen molar-refractivity contribution in [3.63, 3.8) is 0 Å². The molecular formula is C16H13N3O2S. The second-order valence-corrected chi connectivity index (χ2v) is 5.77. The maximum Gasteiger partial charge on any atom is 0.225 e. The summed E-state index contributed by atoms with van der Waals surface area (Å²) in [5.41, 5.74) is 4.72. The van der Waals surface area contributed by atoms with Gasteiger partial charge in [-0.1, -0.05) is 12.1 Å². The van der Waals surface area contributed by atoms with E-state index in [2.05, 4.69) is 14.1 Å². The van der Waals surface area contributed by atoms with E-state index in [1.807, 2.05) is 36.4 Å². The summed E-state index contributed by atoms with van der Waals surface area (Å²) < 4.78 is 13.9. The first-order valence-electron chi connectivity index (χ1n) is 6.95. The lowest BCUT2D eigenvalue weighted by Crippen LogP contribution is -2.23. The number of nitrogens with zero attached hydrogens (tertiary/aromatic N) is 2. The second kappa shape index (κ2) is 5.06. The van der Waals surface area contributed by atoms with E-state index in [9.17, 15) is 4.79 Å². The van der Waals surface area contributed by atoms with Gasteiger partial charge in [0.1, 0.15) is 16.8 Å². The molecule has 1 aromatic heterocycles. The number of amides is 1. The van der Waals surface area contributed by atoms with Gasteiger partial charge >= 0.3 is 0 Å². The van der Waals surface area contributed by atoms with Gasteiger partial charge < -0.3 is 10.1 Å². The molecule has 0 saturated heterocycles. The molecule has 0 saturated carbocycles. The average Bonchev–Trinajstić information content (AvgIpc) is 3.02. The quantitative estimate of drug-likeness (QED) is 0.789. The third kappa shape index (κ3) is 2.03. The van der Waals surface area contributed by atoms with E-state index >= 15 is 0 Å². The Morgan fingerprint density at radius 3 is 2.77 bits per heavy atom. The standard InChI is InChI=1S/C16H13N3O2S/c1-21-10-4-2-9(3-5-10)11-8-14(20)17-12-6-7-13-16(15(11)12)19-22-18-13/h2-7,11H,8H2,1H3,(H,17,20). The van der Waals surface area contributed by atoms with Crippen molar-refractivity contribution in [2.24, 2.45) is 0 Å². The zero-order valence-corrected chi connectivity index (χ0v) is 12.7. The van der Waals surface area contributed by atoms with E-state index in [-0.39, 0.29) is 11.8 Å². The fourth-order valence-corrected chi connectivity index (χ4v) is 3.49. The smallest absolute Gasteiger partial charge is 0.225 e. The Bertz CT molecular complexity index is 857. The van der Waals surface area contributed by atoms with Crippen molar-refractivity contribution < 1.29 is 9.53 Å². The van der Waals surface area contributed by atoms with Crippen molar-refractivity contribution in [3.05, 3.63) is 47.5 Å². The molecule has 1 aliphatic rings. The maximum atomic E-state index is 12.0. The predicted molar refractivity (Wildman–Crippen MR) is 85.5 cm³/mol. The summed E-state index contributed by atoms with van der Waals surface area (Å²) >= 11 is 1.20. The number of hydrogen-bond donors (Lipinski definition) is 1. The van der Waals surface area contributed by atoms with Crippen LogP contribution in [0.3, 0.4) is 0 Å². The highest BCUT2D eigenvalue weighted by Gasteiger charge is 2.29. The van der Waals surface area contributed by atoms with Gasteiger partial charge in [-0.3, -0.25) is 4.79 Å². The molecular weight excluding hydrogens is 298 g/mol. The van der Waals surface area contributed by atoms with E-state index in [1.54, 1.807) is 7.11 Å². The molecule has 1 aliphatic heterocycles. The highest BCUT2D eigenvalue weighted by atomic mass is 32.1. The van der Waals surface area contributed by atoms with Crippen LogP contribution in [0.15, 0.2) is 36.4 Å². The third-order valence-electron chi connectivity index (χ3n) is 4.00. The minimum absolute atomic E-state index is 0.0118. The Kier molecular flexibility index (Phi) is 3.04. The summed E-state index contributed by atoms with van der Waals surface area (Å²) in [6, 6.07) is 11.7. The lowest BCUT2D eigenvalue weighted by Gasteiger charge is -2.26. The van der Waals surface area contributed by atoms with Crippen LogP contribution in [-0.4, -0.2) is 21.8 Å². The van der Waals surface area contributed by atoms with E-state index in [1.165, 1.54) is 11.7 Å². The number of anilines is 1. The van der Waals surface area contributed by atoms with Crippen LogP contribution in [0.5, 0.6) is 5.75 Å². The molecule has 4 rings (SSSR count). The molecule has 0 bridgehead atoms. The average molecular weight is 311 g/mol. The van der Waals surface area contributed by atoms with Crippen LogP contribution in [-0.2, 0) is 4.79 Å². The fourth-order valence-electron chi connectivity index (χ4n) is 2.94. The van der Waals surface area contributed by atoms with Crippen LogP contribution in [0.1, 0.15) is 23.5 Å². The molecule has 0 aliphatic carbocycles. The fraction of sp³-hybridized carbons (Fsp3) is 0.188. The summed E-state index contributed by atoms with van der Waals surface area (Å²) in [4.78, 5) is 12.0. The second-order valence-electron chi connectivity index (χ2n) is 5.24. The van der Waals surface area contributed by atoms with Crippen LogP contribution >= 0.6 is 11.7 Å². The van der Waals surface area contributed by atoms with Gasteiger partial charge in [0.05, 0.1) is 18.8 Å². The Balaban J connectivity index is 1.89. The summed E-state index contributed by atoms with van der Waals surface area (Å²) in [5.74, 6) is 0.816. The first-order chi connectivity index (χ1) is 10.8. The number of aromatic nitrogens is 2. The largest absolute Gasteiger partial charge is 0.497 e. The highest BCUT2D eigenvalue weighted by Crippen LogP contribution is 2.41. The van der Waals surface area contributed by atoms with Gasteiger partial charge in [0.25, 0.3) is 0 Å². The topological polar surface area (TPSA) is 64.1 Å². The number of rotatable bonds is 2. The molecule has 0 spiro atoms. The van der Waals surface area contributed by atoms with Crippen molar-refractivity contribution in [2.75, 3.05) is 12.4 Å². The molecule has 0 fully saturated rings. The molecule has 1 N–H and O–H groups in total. The number of nitrogens with one attached hydrogen (secondary N) is 1. The van der Waals surface area contributed by atoms with Gasteiger partial charge in [-0.05, 0) is 29.8 Å². The van der Waals surface area contributed by atoms with Gasteiger partial charge in [0, 0.05) is 23.6 Å². The van der Waals surface area contributed by atoms with E-state index < -0.39 is 0 Å². The van der Waals surface area contributed by atoms with Crippen LogP contribution < -0.4 is 10.1 Å². The molecule has 0 radical (unpaired) electrons. The van der Waals surface area contributed by atoms with Crippen molar-refractivity contribution >= 4 is 34.4 Å². The number of methoxy groups -OCH3 is 1. The van der Waals surface area contributed by atoms with Crippen LogP contribution in [0.25, 0.3) is 11.0 Å². The number of benzene rings is 2. The number of carbonyl (C=O) groups excluding carboxylic acids is 1. The first kappa shape index (κ1) is 13.2. The van der Waals surface area contributed by atoms with Crippen LogP contribution in [0.2, 0.25) is 0 Å². The Morgan fingerprint density at radius 1 is 1.18 bits per heavy atom. The van der Waals surface area contributed by atoms with Crippen molar-refractivity contribution in [1.82, 2.24) is 8.75 Å². The predicted octanol–water partition coefficient (Wildman–Crippen LogP) is 3.17. The Labute approximate surface area is 131 Å². The van der Waals surface area contributed by atoms with E-state index in [0.717, 1.165) is 33.6 Å². The first-order valence-corrected chi connectivity index (χ1v) is 7.68. The Morgan fingerprint density at radius 2 is 2.00 bits per heavy atom. The normalized spacial score (nSPS) is 17.1. The summed E-state index contributed by atoms with van der Waals surface area (Å²) in [6.07, 6.45) is 0.413. The third-order valence-corrected chi connectivity index (χ3v) is 4.54. The summed E-state index contributed by atoms with van der Waals surface area (Å²) in [7, 11) is 1.64. The number of hydrogen-bond acceptors (Lipinski definition) is 5. The highest BCUT2D eigenvalue weighted by molar-refractivity contribution is 7.00. The van der Waals surface area contributed by atoms with Crippen molar-refractivity contribution in [3.8, 4) is 5.75 Å². The molecule has 1 atom stereocenters. The van der Waals surface area contributed by atoms with Crippen LogP contribution in [0.4, 0.5) is 5.69 Å². The van der Waals surface area contributed by atoms with Crippen molar-refractivity contribution in [2.45, 2.75) is 12.3 Å². The lowest BCUT2D eigenvalue weighted by atomic mass is 9.84. The lowest BCUT2D eigenvalue weighted by molar-refractivity contribution is -0.116. The molecule has 110 valence electrons. The molecule has 5 nitrogen and oxygen atoms in total. The SMILES string of the molecule is COc1ccc(C2CC(=O)Nc3ccc4nsnc4c32)cc1.